The maximum absolute atomic E-state index is 14.0. The van der Waals surface area contributed by atoms with Crippen LogP contribution in [0.2, 0.25) is 0 Å². The molecule has 0 bridgehead atoms. The molecule has 5 rings (SSSR count). The highest BCUT2D eigenvalue weighted by molar-refractivity contribution is 7.17. The maximum atomic E-state index is 14.0. The fraction of sp³-hybridized carbons (Fsp3) is 0.292. The van der Waals surface area contributed by atoms with Crippen LogP contribution < -0.4 is 15.3 Å². The van der Waals surface area contributed by atoms with E-state index in [1.165, 1.54) is 23.7 Å². The highest BCUT2D eigenvalue weighted by atomic mass is 32.1. The second kappa shape index (κ2) is 9.23. The summed E-state index contributed by atoms with van der Waals surface area (Å²) >= 11 is 1.44. The summed E-state index contributed by atoms with van der Waals surface area (Å²) in [5.74, 6) is -0.610. The van der Waals surface area contributed by atoms with Crippen LogP contribution in [-0.2, 0) is 6.54 Å². The number of rotatable bonds is 7. The molecule has 1 saturated heterocycles. The number of hydrogen-bond donors (Lipinski definition) is 1. The Hall–Kier alpha value is -3.57. The van der Waals surface area contributed by atoms with E-state index < -0.39 is 17.3 Å². The van der Waals surface area contributed by atoms with E-state index in [0.717, 1.165) is 45.3 Å². The first-order valence-corrected chi connectivity index (χ1v) is 11.9. The fourth-order valence-corrected chi connectivity index (χ4v) is 4.77. The number of ether oxygens (including phenoxy) is 1. The van der Waals surface area contributed by atoms with Gasteiger partial charge in [0.1, 0.15) is 23.7 Å². The van der Waals surface area contributed by atoms with Gasteiger partial charge in [-0.05, 0) is 50.2 Å². The normalized spacial score (nSPS) is 14.7. The zero-order valence-electron chi connectivity index (χ0n) is 19.1. The average Bonchev–Trinajstić information content (AvgIpc) is 3.32. The van der Waals surface area contributed by atoms with Crippen LogP contribution in [-0.4, -0.2) is 43.6 Å². The number of nitrogens with zero attached hydrogens (tertiary/aromatic N) is 5. The van der Waals surface area contributed by atoms with Crippen molar-refractivity contribution in [3.05, 3.63) is 82.2 Å². The number of anilines is 1. The summed E-state index contributed by atoms with van der Waals surface area (Å²) in [6.45, 7) is 4.95. The van der Waals surface area contributed by atoms with Gasteiger partial charge in [0.15, 0.2) is 5.13 Å². The molecule has 4 aromatic rings. The van der Waals surface area contributed by atoms with Gasteiger partial charge in [-0.15, -0.1) is 0 Å². The van der Waals surface area contributed by atoms with E-state index in [2.05, 4.69) is 15.0 Å². The van der Waals surface area contributed by atoms with Crippen LogP contribution >= 0.6 is 11.3 Å². The number of thiazole rings is 1. The minimum absolute atomic E-state index is 0.197. The average molecular weight is 500 g/mol. The van der Waals surface area contributed by atoms with Crippen molar-refractivity contribution in [1.82, 2.24) is 19.3 Å². The molecule has 0 spiro atoms. The predicted molar refractivity (Wildman–Crippen MR) is 128 cm³/mol. The third kappa shape index (κ3) is 4.56. The topological polar surface area (TPSA) is 85.4 Å². The first-order valence-electron chi connectivity index (χ1n) is 11.1. The number of benzene rings is 2. The lowest BCUT2D eigenvalue weighted by atomic mass is 9.96. The van der Waals surface area contributed by atoms with Gasteiger partial charge in [-0.1, -0.05) is 17.4 Å². The van der Waals surface area contributed by atoms with E-state index in [1.54, 1.807) is 31.2 Å². The second-order valence-electron chi connectivity index (χ2n) is 8.52. The molecule has 0 radical (unpaired) electrons. The van der Waals surface area contributed by atoms with Crippen molar-refractivity contribution in [2.75, 3.05) is 18.0 Å². The summed E-state index contributed by atoms with van der Waals surface area (Å²) in [4.78, 5) is 19.4. The summed E-state index contributed by atoms with van der Waals surface area (Å²) in [5, 5.41) is 15.3. The lowest BCUT2D eigenvalue weighted by Gasteiger charge is -2.40. The van der Waals surface area contributed by atoms with Gasteiger partial charge >= 0.3 is 5.69 Å². The third-order valence-electron chi connectivity index (χ3n) is 6.02. The van der Waals surface area contributed by atoms with Crippen molar-refractivity contribution in [2.45, 2.75) is 26.5 Å². The van der Waals surface area contributed by atoms with Gasteiger partial charge in [0.25, 0.3) is 0 Å². The van der Waals surface area contributed by atoms with Gasteiger partial charge < -0.3 is 14.7 Å². The van der Waals surface area contributed by atoms with Crippen LogP contribution in [0.4, 0.5) is 13.9 Å². The Morgan fingerprint density at radius 1 is 1.17 bits per heavy atom. The molecule has 0 amide bonds. The first kappa shape index (κ1) is 23.2. The molecule has 1 aliphatic rings. The molecule has 3 heterocycles. The molecular weight excluding hydrogens is 476 g/mol. The van der Waals surface area contributed by atoms with E-state index in [-0.39, 0.29) is 24.1 Å². The van der Waals surface area contributed by atoms with Crippen LogP contribution in [0.3, 0.4) is 0 Å². The molecule has 1 aliphatic heterocycles. The molecule has 0 aliphatic carbocycles. The van der Waals surface area contributed by atoms with Gasteiger partial charge in [0.2, 0.25) is 5.06 Å². The summed E-state index contributed by atoms with van der Waals surface area (Å²) < 4.78 is 36.2. The molecule has 8 nitrogen and oxygen atoms in total. The van der Waals surface area contributed by atoms with Crippen molar-refractivity contribution in [3.63, 3.8) is 0 Å². The minimum atomic E-state index is -0.718. The first-order chi connectivity index (χ1) is 16.8. The van der Waals surface area contributed by atoms with Crippen LogP contribution in [0.5, 0.6) is 10.8 Å². The van der Waals surface area contributed by atoms with Gasteiger partial charge in [-0.3, -0.25) is 4.57 Å². The summed E-state index contributed by atoms with van der Waals surface area (Å²) in [7, 11) is 0. The lowest BCUT2D eigenvalue weighted by Crippen LogP contribution is -2.51. The zero-order valence-corrected chi connectivity index (χ0v) is 19.9. The molecule has 1 N–H and O–H groups in total. The summed E-state index contributed by atoms with van der Waals surface area (Å²) in [6.07, 6.45) is 0.916. The smallest absolute Gasteiger partial charge is 0.350 e. The Labute approximate surface area is 203 Å². The van der Waals surface area contributed by atoms with E-state index in [9.17, 15) is 18.7 Å². The van der Waals surface area contributed by atoms with Gasteiger partial charge in [-0.25, -0.2) is 18.6 Å². The van der Waals surface area contributed by atoms with Crippen LogP contribution in [0.25, 0.3) is 5.69 Å². The SMILES string of the molecule is Cc1nc(N2CC([C@H](C)O)C2)sc1Oc1ccc(-n2ncn(Cc3c(F)cccc3F)c2=O)cc1. The van der Waals surface area contributed by atoms with Crippen molar-refractivity contribution in [2.24, 2.45) is 5.92 Å². The van der Waals surface area contributed by atoms with Crippen LogP contribution in [0, 0.1) is 24.5 Å². The highest BCUT2D eigenvalue weighted by Gasteiger charge is 2.32. The molecule has 1 fully saturated rings. The summed E-state index contributed by atoms with van der Waals surface area (Å²) in [6, 6.07) is 10.4. The molecule has 11 heteroatoms. The number of aliphatic hydroxyl groups excluding tert-OH is 1. The van der Waals surface area contributed by atoms with Crippen LogP contribution in [0.15, 0.2) is 53.6 Å². The number of aryl methyl sites for hydroxylation is 1. The number of aliphatic hydroxyl groups is 1. The van der Waals surface area contributed by atoms with Gasteiger partial charge in [0.05, 0.1) is 24.0 Å². The number of halogens is 2. The van der Waals surface area contributed by atoms with E-state index >= 15 is 0 Å². The second-order valence-corrected chi connectivity index (χ2v) is 9.46. The zero-order chi connectivity index (χ0) is 24.7. The molecule has 35 heavy (non-hydrogen) atoms. The molecule has 2 aromatic carbocycles. The molecule has 0 unspecified atom stereocenters. The molecular formula is C24H23F2N5O3S. The Balaban J connectivity index is 1.29. The van der Waals surface area contributed by atoms with E-state index in [0.29, 0.717) is 16.5 Å². The fourth-order valence-electron chi connectivity index (χ4n) is 3.81. The Morgan fingerprint density at radius 3 is 2.51 bits per heavy atom. The molecule has 182 valence electrons. The minimum Gasteiger partial charge on any atom is -0.445 e. The van der Waals surface area contributed by atoms with Crippen molar-refractivity contribution in [1.29, 1.82) is 0 Å². The number of hydrogen-bond acceptors (Lipinski definition) is 7. The Bertz CT molecular complexity index is 1390. The van der Waals surface area contributed by atoms with E-state index in [1.807, 2.05) is 6.92 Å². The monoisotopic (exact) mass is 499 g/mol. The quantitative estimate of drug-likeness (QED) is 0.417. The van der Waals surface area contributed by atoms with Gasteiger partial charge in [-0.2, -0.15) is 9.78 Å². The standard InChI is InChI=1S/C24H23F2N5O3S/c1-14-22(35-23(28-14)29-10-16(11-29)15(2)32)34-18-8-6-17(7-9-18)31-24(33)30(13-27-31)12-19-20(25)4-3-5-21(19)26/h3-9,13,15-16,32H,10-12H2,1-2H3/t15-/m0/s1. The highest BCUT2D eigenvalue weighted by Crippen LogP contribution is 2.38. The van der Waals surface area contributed by atoms with Crippen molar-refractivity contribution in [3.8, 4) is 16.5 Å². The van der Waals surface area contributed by atoms with Gasteiger partial charge in [0, 0.05) is 24.6 Å². The predicted octanol–water partition coefficient (Wildman–Crippen LogP) is 3.73. The molecule has 0 saturated carbocycles. The Morgan fingerprint density at radius 2 is 1.86 bits per heavy atom. The number of aromatic nitrogens is 4. The summed E-state index contributed by atoms with van der Waals surface area (Å²) in [5.41, 5.74) is 0.539. The maximum Gasteiger partial charge on any atom is 0.350 e. The third-order valence-corrected chi connectivity index (χ3v) is 7.12. The van der Waals surface area contributed by atoms with E-state index in [4.69, 9.17) is 4.74 Å². The Kier molecular flexibility index (Phi) is 6.12. The van der Waals surface area contributed by atoms with Crippen molar-refractivity contribution < 1.29 is 18.6 Å². The molecule has 2 aromatic heterocycles. The van der Waals surface area contributed by atoms with Crippen LogP contribution in [0.1, 0.15) is 18.2 Å². The lowest BCUT2D eigenvalue weighted by molar-refractivity contribution is 0.107. The molecule has 1 atom stereocenters. The largest absolute Gasteiger partial charge is 0.445 e. The van der Waals surface area contributed by atoms with Crippen molar-refractivity contribution >= 4 is 16.5 Å².